The van der Waals surface area contributed by atoms with Gasteiger partial charge in [-0.2, -0.15) is 0 Å². The Bertz CT molecular complexity index is 960. The summed E-state index contributed by atoms with van der Waals surface area (Å²) in [7, 11) is 0. The number of aldehydes is 1. The lowest BCUT2D eigenvalue weighted by Crippen LogP contribution is -2.11. The summed E-state index contributed by atoms with van der Waals surface area (Å²) in [5, 5.41) is 20.6. The van der Waals surface area contributed by atoms with E-state index in [2.05, 4.69) is 0 Å². The largest absolute Gasteiger partial charge is 0.507 e. The van der Waals surface area contributed by atoms with Crippen LogP contribution in [-0.2, 0) is 11.3 Å². The number of carbonyl (C=O) groups excluding carboxylic acids is 2. The molecule has 0 saturated heterocycles. The van der Waals surface area contributed by atoms with Crippen LogP contribution >= 0.6 is 0 Å². The van der Waals surface area contributed by atoms with Gasteiger partial charge in [-0.1, -0.05) is 0 Å². The van der Waals surface area contributed by atoms with Crippen LogP contribution in [-0.4, -0.2) is 29.1 Å². The summed E-state index contributed by atoms with van der Waals surface area (Å²) in [5.74, 6) is -0.912. The van der Waals surface area contributed by atoms with Crippen molar-refractivity contribution in [3.63, 3.8) is 0 Å². The second-order valence-corrected chi connectivity index (χ2v) is 6.31. The minimum atomic E-state index is -0.746. The van der Waals surface area contributed by atoms with Crippen molar-refractivity contribution < 1.29 is 34.0 Å². The van der Waals surface area contributed by atoms with Gasteiger partial charge in [0.1, 0.15) is 17.1 Å². The van der Waals surface area contributed by atoms with E-state index in [0.717, 1.165) is 0 Å². The zero-order valence-corrected chi connectivity index (χ0v) is 15.5. The number of hydrogen-bond acceptors (Lipinski definition) is 7. The summed E-state index contributed by atoms with van der Waals surface area (Å²) in [4.78, 5) is 24.3. The highest BCUT2D eigenvalue weighted by Crippen LogP contribution is 2.49. The van der Waals surface area contributed by atoms with E-state index in [-0.39, 0.29) is 52.0 Å². The molecule has 0 atom stereocenters. The number of aromatic hydroxyl groups is 2. The molecule has 0 bridgehead atoms. The Morgan fingerprint density at radius 1 is 1.07 bits per heavy atom. The van der Waals surface area contributed by atoms with Crippen molar-refractivity contribution in [3.05, 3.63) is 39.4 Å². The van der Waals surface area contributed by atoms with Crippen LogP contribution in [0.15, 0.2) is 6.07 Å². The van der Waals surface area contributed by atoms with E-state index in [0.29, 0.717) is 29.6 Å². The van der Waals surface area contributed by atoms with Crippen LogP contribution in [0.3, 0.4) is 0 Å². The van der Waals surface area contributed by atoms with Gasteiger partial charge in [0.15, 0.2) is 23.5 Å². The first-order valence-electron chi connectivity index (χ1n) is 8.46. The van der Waals surface area contributed by atoms with Gasteiger partial charge in [0.25, 0.3) is 0 Å². The van der Waals surface area contributed by atoms with Gasteiger partial charge in [-0.3, -0.25) is 4.79 Å². The second-order valence-electron chi connectivity index (χ2n) is 6.31. The summed E-state index contributed by atoms with van der Waals surface area (Å²) in [6, 6.07) is 1.31. The van der Waals surface area contributed by atoms with E-state index < -0.39 is 5.97 Å². The normalized spacial score (nSPS) is 12.5. The van der Waals surface area contributed by atoms with Gasteiger partial charge in [0.05, 0.1) is 17.7 Å². The quantitative estimate of drug-likeness (QED) is 0.479. The lowest BCUT2D eigenvalue weighted by Gasteiger charge is -2.18. The number of aryl methyl sites for hydroxylation is 1. The highest BCUT2D eigenvalue weighted by Gasteiger charge is 2.33. The van der Waals surface area contributed by atoms with E-state index in [4.69, 9.17) is 14.2 Å². The first kappa shape index (κ1) is 18.7. The fourth-order valence-corrected chi connectivity index (χ4v) is 3.06. The predicted molar refractivity (Wildman–Crippen MR) is 96.2 cm³/mol. The fraction of sp³-hybridized carbons (Fsp3) is 0.300. The molecule has 0 fully saturated rings. The molecule has 2 N–H and O–H groups in total. The van der Waals surface area contributed by atoms with Crippen molar-refractivity contribution in [3.8, 4) is 28.7 Å². The molecule has 0 aliphatic carbocycles. The lowest BCUT2D eigenvalue weighted by atomic mass is 10.0. The Kier molecular flexibility index (Phi) is 4.80. The molecule has 0 radical (unpaired) electrons. The zero-order valence-electron chi connectivity index (χ0n) is 15.5. The maximum absolute atomic E-state index is 12.8. The third-order valence-electron chi connectivity index (χ3n) is 4.69. The molecule has 3 rings (SSSR count). The maximum Gasteiger partial charge on any atom is 0.347 e. The fourth-order valence-electron chi connectivity index (χ4n) is 3.06. The Balaban J connectivity index is 2.33. The number of rotatable bonds is 4. The minimum Gasteiger partial charge on any atom is -0.507 e. The average molecular weight is 372 g/mol. The van der Waals surface area contributed by atoms with Gasteiger partial charge in [-0.25, -0.2) is 4.79 Å². The molecule has 7 heteroatoms. The van der Waals surface area contributed by atoms with Crippen LogP contribution in [0.4, 0.5) is 0 Å². The zero-order chi connectivity index (χ0) is 19.9. The van der Waals surface area contributed by atoms with Crippen molar-refractivity contribution in [1.29, 1.82) is 0 Å². The van der Waals surface area contributed by atoms with E-state index in [1.807, 2.05) is 0 Å². The summed E-state index contributed by atoms with van der Waals surface area (Å²) < 4.78 is 16.9. The smallest absolute Gasteiger partial charge is 0.347 e. The SMILES string of the molecule is CCOCc1c(O)c(C)c(C)c2c1OC(=O)c1c(C)cc(O)c(C=O)c1O2. The molecule has 0 aromatic heterocycles. The van der Waals surface area contributed by atoms with Crippen LogP contribution < -0.4 is 9.47 Å². The number of phenolic OH excluding ortho intramolecular Hbond substituents is 2. The van der Waals surface area contributed by atoms with Crippen LogP contribution in [0.1, 0.15) is 49.9 Å². The summed E-state index contributed by atoms with van der Waals surface area (Å²) in [6.07, 6.45) is 0.426. The van der Waals surface area contributed by atoms with Crippen LogP contribution in [0, 0.1) is 20.8 Å². The van der Waals surface area contributed by atoms with Gasteiger partial charge >= 0.3 is 5.97 Å². The van der Waals surface area contributed by atoms with Gasteiger partial charge in [0, 0.05) is 12.2 Å². The summed E-state index contributed by atoms with van der Waals surface area (Å²) in [6.45, 7) is 7.23. The number of esters is 1. The molecule has 1 aliphatic heterocycles. The lowest BCUT2D eigenvalue weighted by molar-refractivity contribution is 0.0727. The highest BCUT2D eigenvalue weighted by molar-refractivity contribution is 6.01. The number of ether oxygens (including phenoxy) is 3. The Morgan fingerprint density at radius 3 is 2.41 bits per heavy atom. The number of hydrogen-bond donors (Lipinski definition) is 2. The molecule has 0 unspecified atom stereocenters. The van der Waals surface area contributed by atoms with Gasteiger partial charge in [-0.15, -0.1) is 0 Å². The van der Waals surface area contributed by atoms with Crippen LogP contribution in [0.2, 0.25) is 0 Å². The molecule has 2 aromatic carbocycles. The van der Waals surface area contributed by atoms with E-state index in [1.165, 1.54) is 6.07 Å². The molecule has 0 saturated carbocycles. The number of carbonyl (C=O) groups is 2. The molecule has 1 aliphatic rings. The first-order valence-corrected chi connectivity index (χ1v) is 8.46. The third-order valence-corrected chi connectivity index (χ3v) is 4.69. The van der Waals surface area contributed by atoms with Crippen LogP contribution in [0.5, 0.6) is 28.7 Å². The van der Waals surface area contributed by atoms with Gasteiger partial charge in [0.2, 0.25) is 0 Å². The van der Waals surface area contributed by atoms with Gasteiger partial charge < -0.3 is 24.4 Å². The molecule has 1 heterocycles. The van der Waals surface area contributed by atoms with Crippen molar-refractivity contribution >= 4 is 12.3 Å². The molecule has 27 heavy (non-hydrogen) atoms. The Hall–Kier alpha value is -3.06. The average Bonchev–Trinajstić information content (AvgIpc) is 2.77. The number of benzene rings is 2. The monoisotopic (exact) mass is 372 g/mol. The Morgan fingerprint density at radius 2 is 1.78 bits per heavy atom. The molecule has 2 aromatic rings. The van der Waals surface area contributed by atoms with Gasteiger partial charge in [-0.05, 0) is 44.9 Å². The van der Waals surface area contributed by atoms with E-state index >= 15 is 0 Å². The first-order chi connectivity index (χ1) is 12.8. The molecule has 142 valence electrons. The molecule has 7 nitrogen and oxygen atoms in total. The number of phenols is 2. The second kappa shape index (κ2) is 6.92. The van der Waals surface area contributed by atoms with E-state index in [1.54, 1.807) is 27.7 Å². The third kappa shape index (κ3) is 2.90. The molecule has 0 spiro atoms. The molecular formula is C20H20O7. The van der Waals surface area contributed by atoms with Crippen LogP contribution in [0.25, 0.3) is 0 Å². The standard InChI is InChI=1S/C20H20O7/c1-5-25-8-13-16(23)10(3)11(4)17-19(13)27-20(24)15-9(2)6-14(22)12(7-21)18(15)26-17/h6-7,22-23H,5,8H2,1-4H3. The maximum atomic E-state index is 12.8. The molecular weight excluding hydrogens is 352 g/mol. The van der Waals surface area contributed by atoms with Crippen molar-refractivity contribution in [2.75, 3.05) is 6.61 Å². The summed E-state index contributed by atoms with van der Waals surface area (Å²) >= 11 is 0. The number of fused-ring (bicyclic) bond motifs is 2. The van der Waals surface area contributed by atoms with Crippen molar-refractivity contribution in [2.45, 2.75) is 34.3 Å². The Labute approximate surface area is 156 Å². The minimum absolute atomic E-state index is 0.0174. The van der Waals surface area contributed by atoms with Crippen molar-refractivity contribution in [1.82, 2.24) is 0 Å². The summed E-state index contributed by atoms with van der Waals surface area (Å²) in [5.41, 5.74) is 1.66. The topological polar surface area (TPSA) is 102 Å². The van der Waals surface area contributed by atoms with E-state index in [9.17, 15) is 19.8 Å². The highest BCUT2D eigenvalue weighted by atomic mass is 16.6. The van der Waals surface area contributed by atoms with Crippen molar-refractivity contribution in [2.24, 2.45) is 0 Å². The molecule has 0 amide bonds. The predicted octanol–water partition coefficient (Wildman–Crippen LogP) is 3.70.